The van der Waals surface area contributed by atoms with Crippen LogP contribution in [0.2, 0.25) is 0 Å². The summed E-state index contributed by atoms with van der Waals surface area (Å²) in [4.78, 5) is 28.1. The number of nitrogens with zero attached hydrogens (tertiary/aromatic N) is 2. The highest BCUT2D eigenvalue weighted by Crippen LogP contribution is 2.30. The van der Waals surface area contributed by atoms with Crippen molar-refractivity contribution >= 4 is 27.5 Å². The van der Waals surface area contributed by atoms with Gasteiger partial charge in [-0.3, -0.25) is 13.9 Å². The van der Waals surface area contributed by atoms with Crippen LogP contribution in [0.4, 0.5) is 10.1 Å². The summed E-state index contributed by atoms with van der Waals surface area (Å²) in [6.45, 7) is 7.71. The second kappa shape index (κ2) is 13.2. The van der Waals surface area contributed by atoms with Crippen LogP contribution in [0, 0.1) is 11.7 Å². The molecule has 2 amide bonds. The molecule has 0 saturated carbocycles. The predicted molar refractivity (Wildman–Crippen MR) is 139 cm³/mol. The molecule has 0 fully saturated rings. The van der Waals surface area contributed by atoms with Crippen LogP contribution in [0.3, 0.4) is 0 Å². The lowest BCUT2D eigenvalue weighted by Crippen LogP contribution is -2.52. The molecule has 198 valence electrons. The third-order valence-corrected chi connectivity index (χ3v) is 6.58. The molecule has 1 atom stereocenters. The molecule has 0 aliphatic heterocycles. The number of hydrogen-bond donors (Lipinski definition) is 1. The third-order valence-electron chi connectivity index (χ3n) is 5.45. The van der Waals surface area contributed by atoms with Crippen molar-refractivity contribution in [1.29, 1.82) is 0 Å². The Balaban J connectivity index is 2.45. The molecular weight excluding hydrogens is 485 g/mol. The number of benzene rings is 2. The topological polar surface area (TPSA) is 96.0 Å². The van der Waals surface area contributed by atoms with Gasteiger partial charge in [-0.25, -0.2) is 12.8 Å². The summed E-state index contributed by atoms with van der Waals surface area (Å²) in [6.07, 6.45) is 1.32. The van der Waals surface area contributed by atoms with Gasteiger partial charge in [0, 0.05) is 13.1 Å². The van der Waals surface area contributed by atoms with Crippen LogP contribution in [-0.4, -0.2) is 57.1 Å². The van der Waals surface area contributed by atoms with E-state index in [1.54, 1.807) is 38.1 Å². The van der Waals surface area contributed by atoms with Crippen molar-refractivity contribution in [2.75, 3.05) is 30.3 Å². The first-order valence-corrected chi connectivity index (χ1v) is 13.8. The zero-order chi connectivity index (χ0) is 26.9. The van der Waals surface area contributed by atoms with Crippen molar-refractivity contribution in [3.63, 3.8) is 0 Å². The molecule has 0 aliphatic rings. The average Bonchev–Trinajstić information content (AvgIpc) is 2.82. The van der Waals surface area contributed by atoms with E-state index in [1.165, 1.54) is 29.2 Å². The van der Waals surface area contributed by atoms with Crippen LogP contribution < -0.4 is 14.4 Å². The molecule has 1 unspecified atom stereocenters. The Morgan fingerprint density at radius 1 is 1.06 bits per heavy atom. The summed E-state index contributed by atoms with van der Waals surface area (Å²) >= 11 is 0. The molecule has 0 spiro atoms. The van der Waals surface area contributed by atoms with Gasteiger partial charge in [-0.15, -0.1) is 0 Å². The maximum Gasteiger partial charge on any atom is 0.244 e. The molecule has 0 radical (unpaired) electrons. The van der Waals surface area contributed by atoms with E-state index in [9.17, 15) is 22.4 Å². The number of para-hydroxylation sites is 2. The maximum absolute atomic E-state index is 13.7. The highest BCUT2D eigenvalue weighted by molar-refractivity contribution is 7.92. The van der Waals surface area contributed by atoms with E-state index in [2.05, 4.69) is 5.32 Å². The monoisotopic (exact) mass is 521 g/mol. The molecule has 36 heavy (non-hydrogen) atoms. The van der Waals surface area contributed by atoms with Crippen molar-refractivity contribution in [1.82, 2.24) is 10.2 Å². The minimum absolute atomic E-state index is 0.0113. The molecule has 0 aliphatic carbocycles. The predicted octanol–water partition coefficient (Wildman–Crippen LogP) is 3.57. The quantitative estimate of drug-likeness (QED) is 0.435. The largest absolute Gasteiger partial charge is 0.492 e. The first-order valence-electron chi connectivity index (χ1n) is 12.0. The fraction of sp³-hybridized carbons (Fsp3) is 0.462. The number of rotatable bonds is 13. The lowest BCUT2D eigenvalue weighted by atomic mass is 10.1. The number of carbonyl (C=O) groups is 2. The third kappa shape index (κ3) is 8.22. The van der Waals surface area contributed by atoms with E-state index in [4.69, 9.17) is 4.74 Å². The minimum atomic E-state index is -3.88. The molecular formula is C26H36FN3O5S. The van der Waals surface area contributed by atoms with E-state index in [1.807, 2.05) is 13.8 Å². The number of sulfonamides is 1. The molecule has 8 nitrogen and oxygen atoms in total. The second-order valence-corrected chi connectivity index (χ2v) is 10.8. The van der Waals surface area contributed by atoms with Gasteiger partial charge in [0.2, 0.25) is 21.8 Å². The summed E-state index contributed by atoms with van der Waals surface area (Å²) in [5.74, 6) is -0.785. The number of nitrogens with one attached hydrogen (secondary N) is 1. The summed E-state index contributed by atoms with van der Waals surface area (Å²) < 4.78 is 45.6. The molecule has 10 heteroatoms. The summed E-state index contributed by atoms with van der Waals surface area (Å²) in [7, 11) is -3.88. The van der Waals surface area contributed by atoms with E-state index >= 15 is 0 Å². The van der Waals surface area contributed by atoms with Crippen LogP contribution in [0.25, 0.3) is 0 Å². The molecule has 2 aromatic carbocycles. The smallest absolute Gasteiger partial charge is 0.244 e. The van der Waals surface area contributed by atoms with Crippen molar-refractivity contribution in [2.45, 2.75) is 46.7 Å². The van der Waals surface area contributed by atoms with Crippen molar-refractivity contribution < 1.29 is 27.1 Å². The second-order valence-electron chi connectivity index (χ2n) is 8.88. The van der Waals surface area contributed by atoms with E-state index in [0.717, 1.165) is 10.6 Å². The number of halogens is 1. The molecule has 0 saturated heterocycles. The van der Waals surface area contributed by atoms with Crippen LogP contribution in [0.5, 0.6) is 5.75 Å². The Morgan fingerprint density at radius 2 is 1.69 bits per heavy atom. The lowest BCUT2D eigenvalue weighted by molar-refractivity contribution is -0.140. The van der Waals surface area contributed by atoms with Crippen LogP contribution in [-0.2, 0) is 26.2 Å². The normalized spacial score (nSPS) is 12.2. The van der Waals surface area contributed by atoms with Crippen LogP contribution in [0.1, 0.15) is 39.7 Å². The van der Waals surface area contributed by atoms with Gasteiger partial charge >= 0.3 is 0 Å². The van der Waals surface area contributed by atoms with E-state index in [-0.39, 0.29) is 24.1 Å². The van der Waals surface area contributed by atoms with Gasteiger partial charge in [0.05, 0.1) is 18.6 Å². The van der Waals surface area contributed by atoms with Gasteiger partial charge in [-0.1, -0.05) is 45.0 Å². The fourth-order valence-electron chi connectivity index (χ4n) is 3.66. The summed E-state index contributed by atoms with van der Waals surface area (Å²) in [5.41, 5.74) is 0.842. The number of carbonyl (C=O) groups excluding carboxylic acids is 2. The molecule has 1 N–H and O–H groups in total. The zero-order valence-corrected chi connectivity index (χ0v) is 22.3. The zero-order valence-electron chi connectivity index (χ0n) is 21.5. The van der Waals surface area contributed by atoms with E-state index < -0.39 is 34.3 Å². The Bertz CT molecular complexity index is 1120. The summed E-state index contributed by atoms with van der Waals surface area (Å²) in [6, 6.07) is 11.3. The highest BCUT2D eigenvalue weighted by atomic mass is 32.2. The Hall–Kier alpha value is -3.14. The van der Waals surface area contributed by atoms with Crippen molar-refractivity contribution in [2.24, 2.45) is 5.92 Å². The van der Waals surface area contributed by atoms with Crippen molar-refractivity contribution in [3.05, 3.63) is 59.9 Å². The lowest BCUT2D eigenvalue weighted by Gasteiger charge is -2.33. The maximum atomic E-state index is 13.7. The van der Waals surface area contributed by atoms with Gasteiger partial charge in [-0.2, -0.15) is 0 Å². The standard InChI is InChI=1S/C26H36FN3O5S/c1-6-22(26(32)28-16-19(3)4)29(17-20-12-14-21(27)15-13-20)25(31)18-30(36(5,33)34)23-10-8-9-11-24(23)35-7-2/h8-15,19,22H,6-7,16-18H2,1-5H3,(H,28,32). The van der Waals surface area contributed by atoms with Crippen LogP contribution >= 0.6 is 0 Å². The Labute approximate surface area is 213 Å². The first-order chi connectivity index (χ1) is 17.0. The fourth-order valence-corrected chi connectivity index (χ4v) is 4.52. The van der Waals surface area contributed by atoms with Gasteiger partial charge in [0.1, 0.15) is 24.2 Å². The molecule has 2 aromatic rings. The SMILES string of the molecule is CCOc1ccccc1N(CC(=O)N(Cc1ccc(F)cc1)C(CC)C(=O)NCC(C)C)S(C)(=O)=O. The Morgan fingerprint density at radius 3 is 2.25 bits per heavy atom. The Kier molecular flexibility index (Phi) is 10.7. The van der Waals surface area contributed by atoms with E-state index in [0.29, 0.717) is 30.9 Å². The number of anilines is 1. The first kappa shape index (κ1) is 29.1. The highest BCUT2D eigenvalue weighted by Gasteiger charge is 2.32. The molecule has 0 heterocycles. The molecule has 2 rings (SSSR count). The summed E-state index contributed by atoms with van der Waals surface area (Å²) in [5, 5.41) is 2.86. The number of ether oxygens (including phenoxy) is 1. The average molecular weight is 522 g/mol. The van der Waals surface area contributed by atoms with Crippen molar-refractivity contribution in [3.8, 4) is 5.75 Å². The molecule has 0 aromatic heterocycles. The van der Waals surface area contributed by atoms with Gasteiger partial charge in [0.25, 0.3) is 0 Å². The van der Waals surface area contributed by atoms with Crippen LogP contribution in [0.15, 0.2) is 48.5 Å². The molecule has 0 bridgehead atoms. The van der Waals surface area contributed by atoms with Gasteiger partial charge in [0.15, 0.2) is 0 Å². The number of amides is 2. The van der Waals surface area contributed by atoms with Gasteiger partial charge < -0.3 is 15.0 Å². The van der Waals surface area contributed by atoms with Gasteiger partial charge in [-0.05, 0) is 49.1 Å². The minimum Gasteiger partial charge on any atom is -0.492 e. The number of hydrogen-bond acceptors (Lipinski definition) is 5.